The molecule has 0 bridgehead atoms. The maximum atomic E-state index is 11.7. The Morgan fingerprint density at radius 2 is 2.22 bits per heavy atom. The molecular weight excluding hydrogens is 360 g/mol. The van der Waals surface area contributed by atoms with Crippen LogP contribution in [-0.4, -0.2) is 18.7 Å². The summed E-state index contributed by atoms with van der Waals surface area (Å²) in [4.78, 5) is 11.7. The monoisotopic (exact) mass is 376 g/mol. The summed E-state index contributed by atoms with van der Waals surface area (Å²) >= 11 is 3.60. The molecule has 0 saturated carbocycles. The Labute approximate surface area is 142 Å². The molecule has 0 saturated heterocycles. The minimum atomic E-state index is -0.322. The molecule has 0 atom stereocenters. The fourth-order valence-electron chi connectivity index (χ4n) is 2.58. The number of rotatable bonds is 5. The Kier molecular flexibility index (Phi) is 5.12. The Morgan fingerprint density at radius 3 is 3.04 bits per heavy atom. The first-order valence-corrected chi connectivity index (χ1v) is 8.32. The Hall–Kier alpha value is -2.08. The van der Waals surface area contributed by atoms with E-state index < -0.39 is 0 Å². The summed E-state index contributed by atoms with van der Waals surface area (Å²) in [5.41, 5.74) is 5.06. The van der Waals surface area contributed by atoms with E-state index in [0.29, 0.717) is 11.5 Å². The number of amides is 1. The molecule has 23 heavy (non-hydrogen) atoms. The van der Waals surface area contributed by atoms with Gasteiger partial charge in [-0.25, -0.2) is 5.43 Å². The normalized spacial score (nSPS) is 13.8. The highest BCUT2D eigenvalue weighted by molar-refractivity contribution is 9.10. The van der Waals surface area contributed by atoms with Crippen molar-refractivity contribution < 1.29 is 13.9 Å². The molecule has 1 amide bonds. The third-order valence-electron chi connectivity index (χ3n) is 3.71. The van der Waals surface area contributed by atoms with E-state index in [0.717, 1.165) is 17.3 Å². The van der Waals surface area contributed by atoms with E-state index >= 15 is 0 Å². The Morgan fingerprint density at radius 1 is 1.35 bits per heavy atom. The number of benzene rings is 1. The highest BCUT2D eigenvalue weighted by Gasteiger charge is 2.16. The lowest BCUT2D eigenvalue weighted by atomic mass is 9.92. The number of fused-ring (bicyclic) bond motifs is 1. The van der Waals surface area contributed by atoms with Crippen LogP contribution in [0.1, 0.15) is 29.7 Å². The van der Waals surface area contributed by atoms with Gasteiger partial charge in [-0.2, -0.15) is 5.10 Å². The second kappa shape index (κ2) is 7.46. The van der Waals surface area contributed by atoms with Gasteiger partial charge in [-0.15, -0.1) is 0 Å². The molecule has 2 aromatic rings. The number of carbonyl (C=O) groups is 1. The van der Waals surface area contributed by atoms with E-state index in [4.69, 9.17) is 9.15 Å². The third-order valence-corrected chi connectivity index (χ3v) is 4.58. The number of nitrogens with one attached hydrogen (secondary N) is 1. The first-order valence-electron chi connectivity index (χ1n) is 7.52. The van der Waals surface area contributed by atoms with E-state index in [1.807, 2.05) is 6.07 Å². The molecular formula is C17H17BrN2O3. The summed E-state index contributed by atoms with van der Waals surface area (Å²) in [6.07, 6.45) is 7.56. The highest BCUT2D eigenvalue weighted by Crippen LogP contribution is 2.35. The second-order valence-corrected chi connectivity index (χ2v) is 6.11. The largest absolute Gasteiger partial charge is 0.483 e. The number of halogens is 1. The Bertz CT molecular complexity index is 711. The van der Waals surface area contributed by atoms with Crippen molar-refractivity contribution in [3.63, 3.8) is 0 Å². The van der Waals surface area contributed by atoms with Crippen LogP contribution in [0.15, 0.2) is 44.5 Å². The van der Waals surface area contributed by atoms with E-state index in [9.17, 15) is 4.79 Å². The highest BCUT2D eigenvalue weighted by atomic mass is 79.9. The summed E-state index contributed by atoms with van der Waals surface area (Å²) in [7, 11) is 0. The first kappa shape index (κ1) is 15.8. The zero-order valence-corrected chi connectivity index (χ0v) is 14.1. The molecule has 1 aromatic heterocycles. The fraction of sp³-hybridized carbons (Fsp3) is 0.294. The van der Waals surface area contributed by atoms with Crippen molar-refractivity contribution in [3.8, 4) is 5.75 Å². The van der Waals surface area contributed by atoms with Crippen molar-refractivity contribution >= 4 is 28.1 Å². The number of carbonyl (C=O) groups excluding carboxylic acids is 1. The van der Waals surface area contributed by atoms with Crippen LogP contribution < -0.4 is 10.2 Å². The molecule has 6 heteroatoms. The molecule has 1 aromatic carbocycles. The fourth-order valence-corrected chi connectivity index (χ4v) is 3.28. The summed E-state index contributed by atoms with van der Waals surface area (Å²) in [5.74, 6) is 0.942. The lowest BCUT2D eigenvalue weighted by Gasteiger charge is -2.19. The molecule has 0 spiro atoms. The van der Waals surface area contributed by atoms with Crippen LogP contribution in [0, 0.1) is 0 Å². The molecule has 3 rings (SSSR count). The van der Waals surface area contributed by atoms with Crippen molar-refractivity contribution in [2.75, 3.05) is 6.61 Å². The van der Waals surface area contributed by atoms with Crippen LogP contribution in [0.25, 0.3) is 0 Å². The zero-order valence-electron chi connectivity index (χ0n) is 12.5. The van der Waals surface area contributed by atoms with Crippen molar-refractivity contribution in [1.82, 2.24) is 5.43 Å². The molecule has 120 valence electrons. The second-order valence-electron chi connectivity index (χ2n) is 5.32. The van der Waals surface area contributed by atoms with Crippen molar-refractivity contribution in [1.29, 1.82) is 0 Å². The minimum Gasteiger partial charge on any atom is -0.483 e. The van der Waals surface area contributed by atoms with Gasteiger partial charge < -0.3 is 9.15 Å². The molecule has 0 fully saturated rings. The molecule has 1 heterocycles. The molecule has 1 aliphatic carbocycles. The maximum Gasteiger partial charge on any atom is 0.277 e. The average Bonchev–Trinajstić information content (AvgIpc) is 3.08. The molecule has 0 aliphatic heterocycles. The van der Waals surface area contributed by atoms with Crippen LogP contribution in [-0.2, 0) is 17.6 Å². The number of hydrogen-bond donors (Lipinski definition) is 1. The summed E-state index contributed by atoms with van der Waals surface area (Å²) < 4.78 is 11.6. The van der Waals surface area contributed by atoms with Gasteiger partial charge in [0.15, 0.2) is 6.61 Å². The lowest BCUT2D eigenvalue weighted by molar-refractivity contribution is -0.123. The number of furan rings is 1. The van der Waals surface area contributed by atoms with Gasteiger partial charge in [-0.1, -0.05) is 6.07 Å². The van der Waals surface area contributed by atoms with Gasteiger partial charge in [0.2, 0.25) is 0 Å². The van der Waals surface area contributed by atoms with Crippen LogP contribution in [0.5, 0.6) is 5.75 Å². The SMILES string of the molecule is O=C(COc1ccc2c(c1Br)CCCC2)N/N=C/c1ccco1. The van der Waals surface area contributed by atoms with Crippen LogP contribution in [0.2, 0.25) is 0 Å². The van der Waals surface area contributed by atoms with Crippen LogP contribution in [0.4, 0.5) is 0 Å². The van der Waals surface area contributed by atoms with Gasteiger partial charge >= 0.3 is 0 Å². The van der Waals surface area contributed by atoms with Crippen molar-refractivity contribution in [2.24, 2.45) is 5.10 Å². The Balaban J connectivity index is 1.55. The molecule has 1 aliphatic rings. The average molecular weight is 377 g/mol. The minimum absolute atomic E-state index is 0.0904. The van der Waals surface area contributed by atoms with Crippen LogP contribution in [0.3, 0.4) is 0 Å². The van der Waals surface area contributed by atoms with E-state index in [2.05, 4.69) is 32.5 Å². The molecule has 5 nitrogen and oxygen atoms in total. The molecule has 0 radical (unpaired) electrons. The van der Waals surface area contributed by atoms with Crippen LogP contribution >= 0.6 is 15.9 Å². The summed E-state index contributed by atoms with van der Waals surface area (Å²) in [5, 5.41) is 3.81. The number of nitrogens with zero attached hydrogens (tertiary/aromatic N) is 1. The zero-order chi connectivity index (χ0) is 16.1. The number of hydrazone groups is 1. The van der Waals surface area contributed by atoms with E-state index in [-0.39, 0.29) is 12.5 Å². The molecule has 0 unspecified atom stereocenters. The van der Waals surface area contributed by atoms with Gasteiger partial charge in [0, 0.05) is 0 Å². The quantitative estimate of drug-likeness (QED) is 0.641. The topological polar surface area (TPSA) is 63.8 Å². The first-order chi connectivity index (χ1) is 11.2. The predicted molar refractivity (Wildman–Crippen MR) is 90.7 cm³/mol. The maximum absolute atomic E-state index is 11.7. The van der Waals surface area contributed by atoms with Gasteiger partial charge in [-0.05, 0) is 70.9 Å². The summed E-state index contributed by atoms with van der Waals surface area (Å²) in [6, 6.07) is 7.49. The number of ether oxygens (including phenoxy) is 1. The van der Waals surface area contributed by atoms with Gasteiger partial charge in [0.05, 0.1) is 17.0 Å². The van der Waals surface area contributed by atoms with E-state index in [1.165, 1.54) is 30.2 Å². The molecule has 1 N–H and O–H groups in total. The third kappa shape index (κ3) is 4.01. The summed E-state index contributed by atoms with van der Waals surface area (Å²) in [6.45, 7) is -0.0904. The van der Waals surface area contributed by atoms with Gasteiger partial charge in [-0.3, -0.25) is 4.79 Å². The van der Waals surface area contributed by atoms with E-state index in [1.54, 1.807) is 18.4 Å². The van der Waals surface area contributed by atoms with Crippen molar-refractivity contribution in [2.45, 2.75) is 25.7 Å². The van der Waals surface area contributed by atoms with Crippen molar-refractivity contribution in [3.05, 3.63) is 51.9 Å². The predicted octanol–water partition coefficient (Wildman–Crippen LogP) is 3.45. The number of aryl methyl sites for hydroxylation is 1. The number of hydrogen-bond acceptors (Lipinski definition) is 4. The van der Waals surface area contributed by atoms with Gasteiger partial charge in [0.25, 0.3) is 5.91 Å². The lowest BCUT2D eigenvalue weighted by Crippen LogP contribution is -2.24. The standard InChI is InChI=1S/C17H17BrN2O3/c18-17-14-6-2-1-4-12(14)7-8-15(17)23-11-16(21)20-19-10-13-5-3-9-22-13/h3,5,7-10H,1-2,4,6,11H2,(H,20,21)/b19-10+. The van der Waals surface area contributed by atoms with Gasteiger partial charge in [0.1, 0.15) is 11.5 Å². The smallest absolute Gasteiger partial charge is 0.277 e.